The quantitative estimate of drug-likeness (QED) is 0.795. The van der Waals surface area contributed by atoms with Crippen LogP contribution < -0.4 is 15.4 Å². The van der Waals surface area contributed by atoms with Gasteiger partial charge in [-0.3, -0.25) is 0 Å². The molecule has 4 rings (SSSR count). The van der Waals surface area contributed by atoms with Gasteiger partial charge < -0.3 is 20.1 Å². The third kappa shape index (κ3) is 3.71. The molecular formula is C20H24N2O3. The fourth-order valence-corrected chi connectivity index (χ4v) is 3.89. The zero-order chi connectivity index (χ0) is 17.1. The molecule has 25 heavy (non-hydrogen) atoms. The van der Waals surface area contributed by atoms with Crippen molar-refractivity contribution in [1.82, 2.24) is 10.6 Å². The summed E-state index contributed by atoms with van der Waals surface area (Å²) in [5.41, 5.74) is 0. The van der Waals surface area contributed by atoms with E-state index >= 15 is 0 Å². The standard InChI is InChI=1S/C20H24N2O3/c23-20(22-13-15-12-16-8-9-18(15)25-16)21-10-11-24-19-7-3-5-14-4-1-2-6-17(14)19/h1-7,15-16,18H,8-13H2,(H2,21,22,23). The molecular weight excluding hydrogens is 316 g/mol. The van der Waals surface area contributed by atoms with E-state index in [4.69, 9.17) is 9.47 Å². The zero-order valence-corrected chi connectivity index (χ0v) is 14.2. The largest absolute Gasteiger partial charge is 0.491 e. The Morgan fingerprint density at radius 1 is 1.12 bits per heavy atom. The molecule has 2 aliphatic rings. The van der Waals surface area contributed by atoms with E-state index in [2.05, 4.69) is 22.8 Å². The van der Waals surface area contributed by atoms with Gasteiger partial charge in [-0.15, -0.1) is 0 Å². The molecule has 2 N–H and O–H groups in total. The van der Waals surface area contributed by atoms with E-state index in [1.54, 1.807) is 0 Å². The first-order valence-electron chi connectivity index (χ1n) is 9.07. The Labute approximate surface area is 147 Å². The van der Waals surface area contributed by atoms with Gasteiger partial charge in [0.2, 0.25) is 0 Å². The number of fused-ring (bicyclic) bond motifs is 3. The van der Waals surface area contributed by atoms with E-state index in [9.17, 15) is 4.79 Å². The number of nitrogens with one attached hydrogen (secondary N) is 2. The van der Waals surface area contributed by atoms with E-state index < -0.39 is 0 Å². The number of rotatable bonds is 6. The van der Waals surface area contributed by atoms with Gasteiger partial charge in [-0.1, -0.05) is 36.4 Å². The van der Waals surface area contributed by atoms with Gasteiger partial charge >= 0.3 is 6.03 Å². The van der Waals surface area contributed by atoms with Crippen molar-refractivity contribution in [1.29, 1.82) is 0 Å². The van der Waals surface area contributed by atoms with Gasteiger partial charge in [0.05, 0.1) is 18.8 Å². The van der Waals surface area contributed by atoms with Gasteiger partial charge in [0, 0.05) is 17.8 Å². The van der Waals surface area contributed by atoms with E-state index in [0.29, 0.717) is 37.8 Å². The molecule has 2 heterocycles. The second kappa shape index (κ2) is 7.31. The molecule has 3 atom stereocenters. The van der Waals surface area contributed by atoms with Crippen LogP contribution in [-0.2, 0) is 4.74 Å². The molecule has 5 nitrogen and oxygen atoms in total. The highest BCUT2D eigenvalue weighted by atomic mass is 16.5. The van der Waals surface area contributed by atoms with Crippen molar-refractivity contribution < 1.29 is 14.3 Å². The van der Waals surface area contributed by atoms with Crippen LogP contribution in [0.5, 0.6) is 5.75 Å². The lowest BCUT2D eigenvalue weighted by Crippen LogP contribution is -2.41. The number of hydrogen-bond donors (Lipinski definition) is 2. The zero-order valence-electron chi connectivity index (χ0n) is 14.2. The van der Waals surface area contributed by atoms with Crippen LogP contribution in [0.2, 0.25) is 0 Å². The molecule has 2 aromatic rings. The maximum atomic E-state index is 11.9. The minimum atomic E-state index is -0.135. The molecule has 2 fully saturated rings. The summed E-state index contributed by atoms with van der Waals surface area (Å²) < 4.78 is 11.6. The third-order valence-corrected chi connectivity index (χ3v) is 5.15. The Morgan fingerprint density at radius 3 is 2.84 bits per heavy atom. The lowest BCUT2D eigenvalue weighted by molar-refractivity contribution is 0.0927. The van der Waals surface area contributed by atoms with Crippen molar-refractivity contribution in [2.24, 2.45) is 5.92 Å². The highest BCUT2D eigenvalue weighted by molar-refractivity contribution is 5.88. The first-order valence-corrected chi connectivity index (χ1v) is 9.07. The molecule has 2 bridgehead atoms. The van der Waals surface area contributed by atoms with Crippen LogP contribution >= 0.6 is 0 Å². The molecule has 0 radical (unpaired) electrons. The number of amides is 2. The summed E-state index contributed by atoms with van der Waals surface area (Å²) in [5, 5.41) is 8.05. The van der Waals surface area contributed by atoms with Crippen LogP contribution in [0.15, 0.2) is 42.5 Å². The second-order valence-electron chi connectivity index (χ2n) is 6.83. The fourth-order valence-electron chi connectivity index (χ4n) is 3.89. The molecule has 0 saturated carbocycles. The molecule has 2 saturated heterocycles. The van der Waals surface area contributed by atoms with Crippen LogP contribution in [0.1, 0.15) is 19.3 Å². The Balaban J connectivity index is 1.18. The molecule has 0 spiro atoms. The van der Waals surface area contributed by atoms with Crippen LogP contribution in [0.3, 0.4) is 0 Å². The molecule has 3 unspecified atom stereocenters. The van der Waals surface area contributed by atoms with Gasteiger partial charge in [-0.25, -0.2) is 4.79 Å². The Morgan fingerprint density at radius 2 is 2.00 bits per heavy atom. The van der Waals surface area contributed by atoms with Gasteiger partial charge in [-0.05, 0) is 30.7 Å². The summed E-state index contributed by atoms with van der Waals surface area (Å²) in [6.07, 6.45) is 4.17. The lowest BCUT2D eigenvalue weighted by atomic mass is 9.89. The number of benzene rings is 2. The van der Waals surface area contributed by atoms with Crippen molar-refractivity contribution in [3.05, 3.63) is 42.5 Å². The van der Waals surface area contributed by atoms with Gasteiger partial charge in [0.1, 0.15) is 12.4 Å². The molecule has 2 aromatic carbocycles. The van der Waals surface area contributed by atoms with Crippen LogP contribution in [0.4, 0.5) is 4.79 Å². The highest BCUT2D eigenvalue weighted by Gasteiger charge is 2.40. The molecule has 2 aliphatic heterocycles. The van der Waals surface area contributed by atoms with Crippen molar-refractivity contribution in [3.8, 4) is 5.75 Å². The van der Waals surface area contributed by atoms with E-state index in [1.165, 1.54) is 6.42 Å². The summed E-state index contributed by atoms with van der Waals surface area (Å²) >= 11 is 0. The number of urea groups is 1. The summed E-state index contributed by atoms with van der Waals surface area (Å²) in [6.45, 7) is 1.61. The predicted octanol–water partition coefficient (Wildman–Crippen LogP) is 3.09. The molecule has 2 amide bonds. The normalized spacial score (nSPS) is 24.4. The van der Waals surface area contributed by atoms with Crippen LogP contribution in [-0.4, -0.2) is 37.9 Å². The topological polar surface area (TPSA) is 59.6 Å². The number of carbonyl (C=O) groups is 1. The van der Waals surface area contributed by atoms with E-state index in [-0.39, 0.29) is 6.03 Å². The van der Waals surface area contributed by atoms with Gasteiger partial charge in [-0.2, -0.15) is 0 Å². The maximum Gasteiger partial charge on any atom is 0.314 e. The van der Waals surface area contributed by atoms with Gasteiger partial charge in [0.15, 0.2) is 0 Å². The van der Waals surface area contributed by atoms with Gasteiger partial charge in [0.25, 0.3) is 0 Å². The van der Waals surface area contributed by atoms with Crippen molar-refractivity contribution in [2.75, 3.05) is 19.7 Å². The fraction of sp³-hybridized carbons (Fsp3) is 0.450. The number of hydrogen-bond acceptors (Lipinski definition) is 3. The smallest absolute Gasteiger partial charge is 0.314 e. The van der Waals surface area contributed by atoms with Crippen LogP contribution in [0, 0.1) is 5.92 Å². The van der Waals surface area contributed by atoms with E-state index in [0.717, 1.165) is 29.4 Å². The molecule has 132 valence electrons. The Kier molecular flexibility index (Phi) is 4.74. The minimum Gasteiger partial charge on any atom is -0.491 e. The first kappa shape index (κ1) is 16.2. The average Bonchev–Trinajstić information content (AvgIpc) is 3.27. The monoisotopic (exact) mass is 340 g/mol. The molecule has 0 aromatic heterocycles. The van der Waals surface area contributed by atoms with Crippen molar-refractivity contribution in [2.45, 2.75) is 31.5 Å². The summed E-state index contributed by atoms with van der Waals surface area (Å²) in [6, 6.07) is 14.0. The van der Waals surface area contributed by atoms with Crippen molar-refractivity contribution >= 4 is 16.8 Å². The number of ether oxygens (including phenoxy) is 2. The lowest BCUT2D eigenvalue weighted by Gasteiger charge is -2.19. The average molecular weight is 340 g/mol. The predicted molar refractivity (Wildman–Crippen MR) is 96.8 cm³/mol. The summed E-state index contributed by atoms with van der Waals surface area (Å²) in [5.74, 6) is 1.32. The first-order chi connectivity index (χ1) is 12.3. The van der Waals surface area contributed by atoms with Crippen molar-refractivity contribution in [3.63, 3.8) is 0 Å². The molecule has 0 aliphatic carbocycles. The second-order valence-corrected chi connectivity index (χ2v) is 6.83. The minimum absolute atomic E-state index is 0.135. The highest BCUT2D eigenvalue weighted by Crippen LogP contribution is 2.38. The Bertz CT molecular complexity index is 743. The van der Waals surface area contributed by atoms with E-state index in [1.807, 2.05) is 30.3 Å². The van der Waals surface area contributed by atoms with Crippen LogP contribution in [0.25, 0.3) is 10.8 Å². The third-order valence-electron chi connectivity index (χ3n) is 5.15. The Hall–Kier alpha value is -2.27. The number of carbonyl (C=O) groups excluding carboxylic acids is 1. The summed E-state index contributed by atoms with van der Waals surface area (Å²) in [7, 11) is 0. The molecule has 5 heteroatoms. The summed E-state index contributed by atoms with van der Waals surface area (Å²) in [4.78, 5) is 11.9. The SMILES string of the molecule is O=C(NCCOc1cccc2ccccc12)NCC1CC2CCC1O2. The maximum absolute atomic E-state index is 11.9.